The van der Waals surface area contributed by atoms with Crippen LogP contribution in [0.2, 0.25) is 0 Å². The number of carbonyl (C=O) groups excluding carboxylic acids is 1. The minimum Gasteiger partial charge on any atom is -1.00 e. The number of carbonyl (C=O) groups is 1. The monoisotopic (exact) mass is 197 g/mol. The van der Waals surface area contributed by atoms with E-state index in [1.807, 2.05) is 0 Å². The van der Waals surface area contributed by atoms with E-state index in [9.17, 15) is 4.79 Å². The Hall–Kier alpha value is 0.270. The maximum absolute atomic E-state index is 10.5. The first kappa shape index (κ1) is 13.8. The van der Waals surface area contributed by atoms with Crippen molar-refractivity contribution in [3.05, 3.63) is 0 Å². The first-order valence-corrected chi connectivity index (χ1v) is 4.34. The molecule has 4 heteroatoms. The zero-order chi connectivity index (χ0) is 8.20. The highest BCUT2D eigenvalue weighted by molar-refractivity contribution is 8.13. The lowest BCUT2D eigenvalue weighted by Crippen LogP contribution is -3.00. The van der Waals surface area contributed by atoms with Crippen LogP contribution in [0.1, 0.15) is 6.92 Å². The summed E-state index contributed by atoms with van der Waals surface area (Å²) in [6.07, 6.45) is 0. The van der Waals surface area contributed by atoms with Crippen molar-refractivity contribution in [2.24, 2.45) is 0 Å². The second-order valence-electron chi connectivity index (χ2n) is 3.35. The molecule has 0 aliphatic heterocycles. The van der Waals surface area contributed by atoms with Crippen molar-refractivity contribution in [2.75, 3.05) is 33.4 Å². The summed E-state index contributed by atoms with van der Waals surface area (Å²) >= 11 is 1.40. The quantitative estimate of drug-likeness (QED) is 0.486. The summed E-state index contributed by atoms with van der Waals surface area (Å²) < 4.78 is 0.931. The number of hydrogen-bond acceptors (Lipinski definition) is 2. The standard InChI is InChI=1S/C7H16NOS.ClH/c1-7(9)10-6-5-8(2,3)4;/h5-6H2,1-4H3;1H/q+1;/p-1. The largest absolute Gasteiger partial charge is 1.00 e. The summed E-state index contributed by atoms with van der Waals surface area (Å²) in [7, 11) is 6.38. The third-order valence-corrected chi connectivity index (χ3v) is 1.86. The lowest BCUT2D eigenvalue weighted by molar-refractivity contribution is -0.867. The molecule has 0 heterocycles. The van der Waals surface area contributed by atoms with Crippen molar-refractivity contribution in [2.45, 2.75) is 6.92 Å². The summed E-state index contributed by atoms with van der Waals surface area (Å²) in [6.45, 7) is 2.66. The molecular formula is C7H16ClNOS. The maximum Gasteiger partial charge on any atom is 0.186 e. The minimum atomic E-state index is 0. The van der Waals surface area contributed by atoms with Crippen LogP contribution >= 0.6 is 11.8 Å². The lowest BCUT2D eigenvalue weighted by atomic mass is 10.6. The maximum atomic E-state index is 10.5. The summed E-state index contributed by atoms with van der Waals surface area (Å²) in [6, 6.07) is 0. The van der Waals surface area contributed by atoms with Crippen molar-refractivity contribution in [1.29, 1.82) is 0 Å². The van der Waals surface area contributed by atoms with Gasteiger partial charge in [-0.25, -0.2) is 0 Å². The van der Waals surface area contributed by atoms with Crippen molar-refractivity contribution < 1.29 is 21.7 Å². The lowest BCUT2D eigenvalue weighted by Gasteiger charge is -2.22. The van der Waals surface area contributed by atoms with Crippen molar-refractivity contribution >= 4 is 16.9 Å². The van der Waals surface area contributed by atoms with E-state index in [0.717, 1.165) is 16.8 Å². The van der Waals surface area contributed by atoms with Gasteiger partial charge in [-0.1, -0.05) is 11.8 Å². The van der Waals surface area contributed by atoms with Crippen molar-refractivity contribution in [1.82, 2.24) is 0 Å². The SMILES string of the molecule is CC(=O)SCC[N+](C)(C)C.[Cl-]. The van der Waals surface area contributed by atoms with Crippen LogP contribution in [-0.2, 0) is 4.79 Å². The summed E-state index contributed by atoms with van der Waals surface area (Å²) in [5.41, 5.74) is 0. The summed E-state index contributed by atoms with van der Waals surface area (Å²) in [5, 5.41) is 0.216. The van der Waals surface area contributed by atoms with E-state index < -0.39 is 0 Å². The predicted octanol–water partition coefficient (Wildman–Crippen LogP) is -2.02. The molecule has 0 rings (SSSR count). The fourth-order valence-electron chi connectivity index (χ4n) is 0.463. The number of thioether (sulfide) groups is 1. The van der Waals surface area contributed by atoms with Crippen LogP contribution in [0, 0.1) is 0 Å². The number of nitrogens with zero attached hydrogens (tertiary/aromatic N) is 1. The van der Waals surface area contributed by atoms with Gasteiger partial charge in [0, 0.05) is 6.92 Å². The zero-order valence-electron chi connectivity index (χ0n) is 7.56. The Morgan fingerprint density at radius 2 is 1.82 bits per heavy atom. The fraction of sp³-hybridized carbons (Fsp3) is 0.857. The van der Waals surface area contributed by atoms with Crippen LogP contribution in [0.15, 0.2) is 0 Å². The molecule has 68 valence electrons. The fourth-order valence-corrected chi connectivity index (χ4v) is 1.39. The van der Waals surface area contributed by atoms with Gasteiger partial charge in [0.15, 0.2) is 5.12 Å². The van der Waals surface area contributed by atoms with Gasteiger partial charge in [-0.3, -0.25) is 4.79 Å². The van der Waals surface area contributed by atoms with Gasteiger partial charge >= 0.3 is 0 Å². The first-order valence-electron chi connectivity index (χ1n) is 3.35. The molecule has 0 aliphatic carbocycles. The Balaban J connectivity index is 0. The van der Waals surface area contributed by atoms with Gasteiger partial charge in [-0.15, -0.1) is 0 Å². The number of quaternary nitrogens is 1. The van der Waals surface area contributed by atoms with E-state index in [1.165, 1.54) is 11.8 Å². The highest BCUT2D eigenvalue weighted by Gasteiger charge is 2.06. The molecule has 0 amide bonds. The Morgan fingerprint density at radius 1 is 1.36 bits per heavy atom. The van der Waals surface area contributed by atoms with Gasteiger partial charge in [-0.2, -0.15) is 0 Å². The highest BCUT2D eigenvalue weighted by atomic mass is 35.5. The van der Waals surface area contributed by atoms with Gasteiger partial charge in [0.2, 0.25) is 0 Å². The first-order chi connectivity index (χ1) is 4.42. The average Bonchev–Trinajstić information content (AvgIpc) is 1.59. The van der Waals surface area contributed by atoms with Crippen LogP contribution in [0.3, 0.4) is 0 Å². The topological polar surface area (TPSA) is 17.1 Å². The molecule has 0 fully saturated rings. The van der Waals surface area contributed by atoms with Crippen molar-refractivity contribution in [3.8, 4) is 0 Å². The van der Waals surface area contributed by atoms with Crippen LogP contribution in [-0.4, -0.2) is 43.0 Å². The molecule has 0 spiro atoms. The molecule has 0 N–H and O–H groups in total. The van der Waals surface area contributed by atoms with Crippen molar-refractivity contribution in [3.63, 3.8) is 0 Å². The molecule has 0 aromatic heterocycles. The molecule has 0 aliphatic rings. The van der Waals surface area contributed by atoms with Gasteiger partial charge in [0.1, 0.15) is 0 Å². The number of hydrogen-bond donors (Lipinski definition) is 0. The third-order valence-electron chi connectivity index (χ3n) is 1.07. The Bertz CT molecular complexity index is 122. The molecule has 0 radical (unpaired) electrons. The van der Waals surface area contributed by atoms with E-state index in [-0.39, 0.29) is 17.5 Å². The molecule has 0 unspecified atom stereocenters. The van der Waals surface area contributed by atoms with Gasteiger partial charge < -0.3 is 16.9 Å². The summed E-state index contributed by atoms with van der Waals surface area (Å²) in [4.78, 5) is 10.5. The predicted molar refractivity (Wildman–Crippen MR) is 46.0 cm³/mol. The van der Waals surface area contributed by atoms with Gasteiger partial charge in [0.25, 0.3) is 0 Å². The second kappa shape index (κ2) is 5.86. The minimum absolute atomic E-state index is 0. The molecule has 11 heavy (non-hydrogen) atoms. The molecule has 0 bridgehead atoms. The summed E-state index contributed by atoms with van der Waals surface area (Å²) in [5.74, 6) is 0.929. The van der Waals surface area contributed by atoms with Crippen LogP contribution in [0.4, 0.5) is 0 Å². The Labute approximate surface area is 79.3 Å². The average molecular weight is 198 g/mol. The molecule has 2 nitrogen and oxygen atoms in total. The van der Waals surface area contributed by atoms with Gasteiger partial charge in [-0.05, 0) is 0 Å². The third kappa shape index (κ3) is 13.3. The Kier molecular flexibility index (Phi) is 7.37. The smallest absolute Gasteiger partial charge is 0.186 e. The zero-order valence-corrected chi connectivity index (χ0v) is 9.13. The van der Waals surface area contributed by atoms with E-state index in [4.69, 9.17) is 0 Å². The molecule has 0 saturated carbocycles. The van der Waals surface area contributed by atoms with Crippen LogP contribution in [0.5, 0.6) is 0 Å². The molecule has 0 aromatic rings. The van der Waals surface area contributed by atoms with E-state index in [2.05, 4.69) is 21.1 Å². The second-order valence-corrected chi connectivity index (χ2v) is 4.63. The van der Waals surface area contributed by atoms with E-state index in [1.54, 1.807) is 6.92 Å². The molecule has 0 saturated heterocycles. The molecule has 0 atom stereocenters. The number of rotatable bonds is 3. The van der Waals surface area contributed by atoms with Gasteiger partial charge in [0.05, 0.1) is 33.4 Å². The highest BCUT2D eigenvalue weighted by Crippen LogP contribution is 2.02. The number of halogens is 1. The van der Waals surface area contributed by atoms with E-state index in [0.29, 0.717) is 0 Å². The normalized spacial score (nSPS) is 10.5. The van der Waals surface area contributed by atoms with Crippen LogP contribution in [0.25, 0.3) is 0 Å². The molecular weight excluding hydrogens is 182 g/mol. The van der Waals surface area contributed by atoms with E-state index >= 15 is 0 Å². The molecule has 0 aromatic carbocycles. The van der Waals surface area contributed by atoms with Crippen LogP contribution < -0.4 is 12.4 Å². The Morgan fingerprint density at radius 3 is 2.09 bits per heavy atom.